The van der Waals surface area contributed by atoms with Gasteiger partial charge in [0.1, 0.15) is 0 Å². The number of hydrazine groups is 1. The number of carbonyl (C=O) groups is 2. The Bertz CT molecular complexity index is 1610. The Balaban J connectivity index is 1.72. The molecule has 2 aromatic carbocycles. The Kier molecular flexibility index (Phi) is 10.4. The molecule has 0 saturated heterocycles. The van der Waals surface area contributed by atoms with Gasteiger partial charge in [-0.2, -0.15) is 18.3 Å². The molecule has 1 aromatic heterocycles. The Morgan fingerprint density at radius 1 is 1.11 bits per heavy atom. The van der Waals surface area contributed by atoms with Gasteiger partial charge in [0.05, 0.1) is 34.4 Å². The van der Waals surface area contributed by atoms with Crippen LogP contribution in [0.4, 0.5) is 18.0 Å². The Morgan fingerprint density at radius 3 is 2.30 bits per heavy atom. The quantitative estimate of drug-likeness (QED) is 0.0794. The maximum Gasteiger partial charge on any atom is 0.511 e. The van der Waals surface area contributed by atoms with Crippen LogP contribution in [0.3, 0.4) is 0 Å². The highest BCUT2D eigenvalue weighted by Gasteiger charge is 2.35. The topological polar surface area (TPSA) is 167 Å². The number of benzene rings is 2. The van der Waals surface area contributed by atoms with Crippen LogP contribution >= 0.6 is 0 Å². The number of aromatic nitrogens is 2. The van der Waals surface area contributed by atoms with E-state index in [9.17, 15) is 36.4 Å². The van der Waals surface area contributed by atoms with E-state index < -0.39 is 52.9 Å². The third kappa shape index (κ3) is 8.59. The first kappa shape index (κ1) is 33.6. The van der Waals surface area contributed by atoms with Gasteiger partial charge in [-0.05, 0) is 58.0 Å². The summed E-state index contributed by atoms with van der Waals surface area (Å²) >= 11 is 0. The highest BCUT2D eigenvalue weighted by Crippen LogP contribution is 2.33. The van der Waals surface area contributed by atoms with E-state index in [2.05, 4.69) is 24.7 Å². The Hall–Kier alpha value is -4.87. The van der Waals surface area contributed by atoms with Crippen molar-refractivity contribution in [2.24, 2.45) is 5.28 Å². The molecule has 0 unspecified atom stereocenters. The molecule has 238 valence electrons. The molecule has 44 heavy (non-hydrogen) atoms. The Labute approximate surface area is 250 Å². The fourth-order valence-corrected chi connectivity index (χ4v) is 4.49. The van der Waals surface area contributed by atoms with Gasteiger partial charge in [0.2, 0.25) is 5.28 Å². The van der Waals surface area contributed by atoms with Crippen LogP contribution < -0.4 is 4.72 Å². The highest BCUT2D eigenvalue weighted by atomic mass is 32.2. The molecule has 0 radical (unpaired) electrons. The molecule has 18 heteroatoms. The van der Waals surface area contributed by atoms with Crippen molar-refractivity contribution >= 4 is 22.1 Å². The molecule has 0 aliphatic heterocycles. The number of carbonyl (C=O) groups excluding carboxylic acids is 2. The van der Waals surface area contributed by atoms with Gasteiger partial charge in [-0.25, -0.2) is 22.6 Å². The largest absolute Gasteiger partial charge is 0.569 e. The summed E-state index contributed by atoms with van der Waals surface area (Å²) in [5, 5.41) is 19.5. The number of nitrogens with one attached hydrogen (secondary N) is 1. The molecule has 0 aliphatic rings. The van der Waals surface area contributed by atoms with Gasteiger partial charge in [0.25, 0.3) is 22.7 Å². The van der Waals surface area contributed by atoms with Crippen LogP contribution in [0.5, 0.6) is 0 Å². The second-order valence-corrected chi connectivity index (χ2v) is 11.2. The first-order valence-electron chi connectivity index (χ1n) is 12.8. The van der Waals surface area contributed by atoms with Crippen LogP contribution in [-0.4, -0.2) is 66.2 Å². The van der Waals surface area contributed by atoms with Gasteiger partial charge in [0, 0.05) is 5.56 Å². The fraction of sp³-hybridized carbons (Fsp3) is 0.346. The van der Waals surface area contributed by atoms with Crippen LogP contribution in [0, 0.1) is 12.1 Å². The number of aryl methyl sites for hydroxylation is 1. The van der Waals surface area contributed by atoms with Gasteiger partial charge in [-0.3, -0.25) is 4.79 Å². The lowest BCUT2D eigenvalue weighted by atomic mass is 10.1. The van der Waals surface area contributed by atoms with Crippen LogP contribution in [0.25, 0.3) is 16.9 Å². The van der Waals surface area contributed by atoms with Crippen molar-refractivity contribution in [3.05, 3.63) is 71.1 Å². The molecule has 1 amide bonds. The normalized spacial score (nSPS) is 12.9. The van der Waals surface area contributed by atoms with Crippen molar-refractivity contribution in [3.8, 4) is 16.9 Å². The number of hydrogen-bond donors (Lipinski definition) is 1. The number of amides is 1. The zero-order valence-corrected chi connectivity index (χ0v) is 24.9. The maximum absolute atomic E-state index is 13.5. The fourth-order valence-electron chi connectivity index (χ4n) is 3.44. The SMILES string of the molecule is Cc1ccc(-c2cc(C(F)(F)F)nn2-c2ccc(S(=O)(=O)NC(=O)[C@H](C)N(C)[N+]([O-])=NOCOC(=O)OC(C)C)cc2)cc1. The van der Waals surface area contributed by atoms with E-state index in [1.165, 1.54) is 19.1 Å². The second kappa shape index (κ2) is 13.6. The van der Waals surface area contributed by atoms with E-state index in [1.807, 2.05) is 11.6 Å². The number of alkyl halides is 3. The highest BCUT2D eigenvalue weighted by molar-refractivity contribution is 7.90. The summed E-state index contributed by atoms with van der Waals surface area (Å²) in [6.07, 6.45) is -6.24. The van der Waals surface area contributed by atoms with Gasteiger partial charge < -0.3 is 19.5 Å². The summed E-state index contributed by atoms with van der Waals surface area (Å²) < 4.78 is 78.2. The molecule has 14 nitrogen and oxygen atoms in total. The lowest BCUT2D eigenvalue weighted by molar-refractivity contribution is -0.710. The average Bonchev–Trinajstić information content (AvgIpc) is 3.40. The van der Waals surface area contributed by atoms with Crippen LogP contribution in [0.2, 0.25) is 0 Å². The minimum absolute atomic E-state index is 0.122. The number of halogens is 3. The van der Waals surface area contributed by atoms with Crippen molar-refractivity contribution in [1.82, 2.24) is 19.5 Å². The molecule has 1 atom stereocenters. The third-order valence-corrected chi connectivity index (χ3v) is 7.24. The number of ether oxygens (including phenoxy) is 2. The number of sulfonamides is 1. The van der Waals surface area contributed by atoms with E-state index in [1.54, 1.807) is 38.1 Å². The number of rotatable bonds is 11. The number of hydrogen-bond acceptors (Lipinski definition) is 10. The molecule has 1 N–H and O–H groups in total. The van der Waals surface area contributed by atoms with Gasteiger partial charge in [-0.1, -0.05) is 29.8 Å². The molecule has 1 heterocycles. The summed E-state index contributed by atoms with van der Waals surface area (Å²) in [4.78, 5) is 27.9. The first-order valence-corrected chi connectivity index (χ1v) is 14.3. The van der Waals surface area contributed by atoms with Gasteiger partial charge in [0.15, 0.2) is 11.7 Å². The van der Waals surface area contributed by atoms with E-state index in [4.69, 9.17) is 0 Å². The van der Waals surface area contributed by atoms with E-state index in [0.29, 0.717) is 10.6 Å². The van der Waals surface area contributed by atoms with Crippen LogP contribution in [0.15, 0.2) is 64.8 Å². The third-order valence-electron chi connectivity index (χ3n) is 5.87. The van der Waals surface area contributed by atoms with E-state index >= 15 is 0 Å². The maximum atomic E-state index is 13.5. The van der Waals surface area contributed by atoms with Gasteiger partial charge in [-0.15, -0.1) is 5.01 Å². The molecular weight excluding hydrogens is 613 g/mol. The summed E-state index contributed by atoms with van der Waals surface area (Å²) in [7, 11) is -3.36. The molecule has 0 bridgehead atoms. The van der Waals surface area contributed by atoms with Gasteiger partial charge >= 0.3 is 12.3 Å². The molecule has 0 saturated carbocycles. The molecule has 0 fully saturated rings. The number of likely N-dealkylation sites (N-methyl/N-ethyl adjacent to an activating group) is 1. The van der Waals surface area contributed by atoms with Crippen LogP contribution in [0.1, 0.15) is 32.0 Å². The molecule has 3 aromatic rings. The standard InChI is InChI=1S/C26H29F3N6O8S/c1-16(2)43-25(37)41-15-42-32-35(38)33(5)18(4)24(36)31-44(39,40)21-12-10-20(11-13-21)34-22(14-23(30-34)26(27,28)29)19-8-6-17(3)7-9-19/h6-14,16,18H,15H2,1-5H3,(H,31,36)/t18-/m0/s1. The average molecular weight is 643 g/mol. The predicted octanol–water partition coefficient (Wildman–Crippen LogP) is 4.32. The van der Waals surface area contributed by atoms with Crippen molar-refractivity contribution < 1.29 is 50.5 Å². The molecule has 0 aliphatic carbocycles. The van der Waals surface area contributed by atoms with E-state index in [-0.39, 0.29) is 21.2 Å². The summed E-state index contributed by atoms with van der Waals surface area (Å²) in [6, 6.07) is 10.9. The number of nitrogens with zero attached hydrogens (tertiary/aromatic N) is 5. The summed E-state index contributed by atoms with van der Waals surface area (Å²) in [5.41, 5.74) is 0.456. The van der Waals surface area contributed by atoms with Crippen molar-refractivity contribution in [2.75, 3.05) is 13.8 Å². The first-order chi connectivity index (χ1) is 20.5. The molecule has 3 rings (SSSR count). The minimum atomic E-state index is -4.73. The predicted molar refractivity (Wildman–Crippen MR) is 146 cm³/mol. The molecular formula is C26H29F3N6O8S. The molecule has 0 spiro atoms. The summed E-state index contributed by atoms with van der Waals surface area (Å²) in [5.74, 6) is -1.12. The lowest BCUT2D eigenvalue weighted by Gasteiger charge is -2.19. The van der Waals surface area contributed by atoms with Crippen molar-refractivity contribution in [1.29, 1.82) is 0 Å². The second-order valence-electron chi connectivity index (χ2n) is 9.55. The zero-order valence-electron chi connectivity index (χ0n) is 24.1. The lowest BCUT2D eigenvalue weighted by Crippen LogP contribution is -2.47. The monoisotopic (exact) mass is 642 g/mol. The smallest absolute Gasteiger partial charge is 0.511 e. The van der Waals surface area contributed by atoms with Crippen LogP contribution in [-0.2, 0) is 35.3 Å². The minimum Gasteiger partial charge on any atom is -0.569 e. The summed E-state index contributed by atoms with van der Waals surface area (Å²) in [6.45, 7) is 5.43. The zero-order chi connectivity index (χ0) is 32.8. The Morgan fingerprint density at radius 2 is 1.73 bits per heavy atom. The van der Waals surface area contributed by atoms with Crippen molar-refractivity contribution in [2.45, 2.75) is 50.9 Å². The van der Waals surface area contributed by atoms with E-state index in [0.717, 1.165) is 35.5 Å². The van der Waals surface area contributed by atoms with Crippen molar-refractivity contribution in [3.63, 3.8) is 0 Å².